The molecule has 2 rings (SSSR count). The van der Waals surface area contributed by atoms with E-state index in [1.54, 1.807) is 0 Å². The zero-order valence-corrected chi connectivity index (χ0v) is 10.5. The predicted molar refractivity (Wildman–Crippen MR) is 68.0 cm³/mol. The van der Waals surface area contributed by atoms with Crippen molar-refractivity contribution in [1.29, 1.82) is 0 Å². The van der Waals surface area contributed by atoms with Gasteiger partial charge in [0.15, 0.2) is 0 Å². The van der Waals surface area contributed by atoms with Crippen LogP contribution in [-0.4, -0.2) is 4.98 Å². The van der Waals surface area contributed by atoms with Crippen molar-refractivity contribution < 1.29 is 0 Å². The Morgan fingerprint density at radius 1 is 1.20 bits per heavy atom. The zero-order chi connectivity index (χ0) is 11.7. The van der Waals surface area contributed by atoms with Crippen LogP contribution in [0.25, 0.3) is 0 Å². The summed E-state index contributed by atoms with van der Waals surface area (Å²) < 4.78 is 0. The van der Waals surface area contributed by atoms with Crippen LogP contribution in [0, 0.1) is 0 Å². The van der Waals surface area contributed by atoms with Crippen molar-refractivity contribution in [3.63, 3.8) is 0 Å². The third-order valence-electron chi connectivity index (χ3n) is 1.81. The summed E-state index contributed by atoms with van der Waals surface area (Å²) in [6.45, 7) is 10.1. The number of aromatic nitrogens is 1. The molecule has 0 saturated heterocycles. The summed E-state index contributed by atoms with van der Waals surface area (Å²) in [5.41, 5.74) is 3.61. The molecular weight excluding hydrogens is 184 g/mol. The van der Waals surface area contributed by atoms with Gasteiger partial charge in [-0.05, 0) is 19.1 Å². The van der Waals surface area contributed by atoms with Gasteiger partial charge >= 0.3 is 0 Å². The fourth-order valence-corrected chi connectivity index (χ4v) is 1.23. The lowest BCUT2D eigenvalue weighted by atomic mass is 10.1. The molecule has 0 bridgehead atoms. The molecule has 1 aliphatic heterocycles. The highest BCUT2D eigenvalue weighted by atomic mass is 14.9. The highest BCUT2D eigenvalue weighted by molar-refractivity contribution is 5.53. The molecule has 1 N–H and O–H groups in total. The molecule has 1 aliphatic rings. The molecule has 0 atom stereocenters. The van der Waals surface area contributed by atoms with Crippen molar-refractivity contribution in [2.45, 2.75) is 41.0 Å². The summed E-state index contributed by atoms with van der Waals surface area (Å²) in [5, 5.41) is 3.19. The maximum Gasteiger partial charge on any atom is 0.0678 e. The van der Waals surface area contributed by atoms with Gasteiger partial charge in [-0.2, -0.15) is 0 Å². The first kappa shape index (κ1) is 13.7. The van der Waals surface area contributed by atoms with Crippen molar-refractivity contribution in [3.8, 4) is 0 Å². The molecule has 0 spiro atoms. The monoisotopic (exact) mass is 206 g/mol. The number of fused-ring (bicyclic) bond motifs is 1. The van der Waals surface area contributed by atoms with Crippen LogP contribution in [0.5, 0.6) is 0 Å². The van der Waals surface area contributed by atoms with E-state index >= 15 is 0 Å². The van der Waals surface area contributed by atoms with E-state index in [0.29, 0.717) is 0 Å². The Balaban J connectivity index is 0.000000442. The van der Waals surface area contributed by atoms with E-state index in [0.717, 1.165) is 17.8 Å². The van der Waals surface area contributed by atoms with Gasteiger partial charge in [0.25, 0.3) is 0 Å². The Hall–Kier alpha value is -1.31. The van der Waals surface area contributed by atoms with Crippen LogP contribution in [0.15, 0.2) is 30.1 Å². The lowest BCUT2D eigenvalue weighted by Crippen LogP contribution is -2.05. The van der Waals surface area contributed by atoms with E-state index in [1.807, 2.05) is 52.2 Å². The van der Waals surface area contributed by atoms with Gasteiger partial charge in [-0.1, -0.05) is 33.3 Å². The lowest BCUT2D eigenvalue weighted by Gasteiger charge is -2.13. The van der Waals surface area contributed by atoms with Crippen LogP contribution in [0.4, 0.5) is 5.69 Å². The topological polar surface area (TPSA) is 24.9 Å². The normalized spacial score (nSPS) is 11.7. The summed E-state index contributed by atoms with van der Waals surface area (Å²) in [6, 6.07) is 3.99. The van der Waals surface area contributed by atoms with E-state index < -0.39 is 0 Å². The molecule has 15 heavy (non-hydrogen) atoms. The molecule has 1 aromatic rings. The maximum absolute atomic E-state index is 4.27. The van der Waals surface area contributed by atoms with Crippen molar-refractivity contribution in [3.05, 3.63) is 35.8 Å². The van der Waals surface area contributed by atoms with Gasteiger partial charge in [0.1, 0.15) is 0 Å². The number of hydrogen-bond donors (Lipinski definition) is 1. The third-order valence-corrected chi connectivity index (χ3v) is 1.81. The summed E-state index contributed by atoms with van der Waals surface area (Å²) in [6.07, 6.45) is 4.84. The van der Waals surface area contributed by atoms with Crippen LogP contribution in [-0.2, 0) is 6.42 Å². The Labute approximate surface area is 93.4 Å². The molecule has 2 heteroatoms. The van der Waals surface area contributed by atoms with Crippen LogP contribution in [0.3, 0.4) is 0 Å². The van der Waals surface area contributed by atoms with Crippen molar-refractivity contribution in [2.75, 3.05) is 5.32 Å². The fourth-order valence-electron chi connectivity index (χ4n) is 1.23. The van der Waals surface area contributed by atoms with E-state index in [2.05, 4.69) is 17.2 Å². The Morgan fingerprint density at radius 2 is 1.87 bits per heavy atom. The highest BCUT2D eigenvalue weighted by Gasteiger charge is 2.06. The Kier molecular flexibility index (Phi) is 7.33. The molecule has 0 unspecified atom stereocenters. The van der Waals surface area contributed by atoms with Gasteiger partial charge < -0.3 is 5.32 Å². The van der Waals surface area contributed by atoms with Gasteiger partial charge in [0.2, 0.25) is 0 Å². The zero-order valence-electron chi connectivity index (χ0n) is 10.5. The highest BCUT2D eigenvalue weighted by Crippen LogP contribution is 2.20. The molecule has 0 aromatic carbocycles. The second kappa shape index (κ2) is 8.04. The molecule has 2 heterocycles. The first-order valence-electron chi connectivity index (χ1n) is 5.72. The minimum atomic E-state index is 0.975. The fraction of sp³-hybridized carbons (Fsp3) is 0.462. The van der Waals surface area contributed by atoms with E-state index in [9.17, 15) is 0 Å². The number of rotatable bonds is 0. The molecule has 0 saturated carbocycles. The predicted octanol–water partition coefficient (Wildman–Crippen LogP) is 4.01. The number of hydrogen-bond acceptors (Lipinski definition) is 2. The van der Waals surface area contributed by atoms with Crippen molar-refractivity contribution in [2.24, 2.45) is 0 Å². The third kappa shape index (κ3) is 4.15. The Bertz CT molecular complexity index is 303. The second-order valence-corrected chi connectivity index (χ2v) is 2.81. The average Bonchev–Trinajstić information content (AvgIpc) is 2.34. The number of nitrogens with zero attached hydrogens (tertiary/aromatic N) is 1. The molecular formula is C13H22N2. The van der Waals surface area contributed by atoms with Gasteiger partial charge in [-0.3, -0.25) is 4.98 Å². The Morgan fingerprint density at radius 3 is 2.53 bits per heavy atom. The van der Waals surface area contributed by atoms with E-state index in [-0.39, 0.29) is 0 Å². The first-order valence-corrected chi connectivity index (χ1v) is 5.72. The van der Waals surface area contributed by atoms with Crippen molar-refractivity contribution in [1.82, 2.24) is 4.98 Å². The molecule has 0 amide bonds. The van der Waals surface area contributed by atoms with E-state index in [1.165, 1.54) is 5.57 Å². The first-order chi connectivity index (χ1) is 7.36. The smallest absolute Gasteiger partial charge is 0.0678 e. The summed E-state index contributed by atoms with van der Waals surface area (Å²) in [7, 11) is 0. The molecule has 2 nitrogen and oxygen atoms in total. The van der Waals surface area contributed by atoms with E-state index in [4.69, 9.17) is 0 Å². The van der Waals surface area contributed by atoms with Crippen LogP contribution >= 0.6 is 0 Å². The van der Waals surface area contributed by atoms with Gasteiger partial charge in [0, 0.05) is 18.8 Å². The minimum absolute atomic E-state index is 0.975. The van der Waals surface area contributed by atoms with Crippen molar-refractivity contribution >= 4 is 5.69 Å². The van der Waals surface area contributed by atoms with Crippen LogP contribution in [0.2, 0.25) is 0 Å². The summed E-state index contributed by atoms with van der Waals surface area (Å²) in [5.74, 6) is 0. The number of allylic oxidation sites excluding steroid dienone is 1. The van der Waals surface area contributed by atoms with Crippen LogP contribution < -0.4 is 5.32 Å². The lowest BCUT2D eigenvalue weighted by molar-refractivity contribution is 1.02. The SMILES string of the molecule is CC.CC.CC1=CNc2cccnc2C1. The largest absolute Gasteiger partial charge is 0.360 e. The van der Waals surface area contributed by atoms with Crippen LogP contribution in [0.1, 0.15) is 40.3 Å². The molecule has 0 aliphatic carbocycles. The quantitative estimate of drug-likeness (QED) is 0.694. The summed E-state index contributed by atoms with van der Waals surface area (Å²) in [4.78, 5) is 4.27. The van der Waals surface area contributed by atoms with Gasteiger partial charge in [0.05, 0.1) is 11.4 Å². The molecule has 0 radical (unpaired) electrons. The molecule has 1 aromatic heterocycles. The minimum Gasteiger partial charge on any atom is -0.360 e. The standard InChI is InChI=1S/C9H10N2.2C2H6/c1-7-5-9-8(11-6-7)3-2-4-10-9;2*1-2/h2-4,6,11H,5H2,1H3;2*1-2H3. The second-order valence-electron chi connectivity index (χ2n) is 2.81. The van der Waals surface area contributed by atoms with Gasteiger partial charge in [-0.15, -0.1) is 0 Å². The summed E-state index contributed by atoms with van der Waals surface area (Å²) >= 11 is 0. The average molecular weight is 206 g/mol. The molecule has 84 valence electrons. The maximum atomic E-state index is 4.27. The number of nitrogens with one attached hydrogen (secondary N) is 1. The number of anilines is 1. The number of pyridine rings is 1. The van der Waals surface area contributed by atoms with Gasteiger partial charge in [-0.25, -0.2) is 0 Å². The molecule has 0 fully saturated rings.